The molecule has 2 saturated heterocycles. The van der Waals surface area contributed by atoms with Crippen LogP contribution in [0.4, 0.5) is 0 Å². The van der Waals surface area contributed by atoms with Crippen molar-refractivity contribution >= 4 is 17.7 Å². The predicted octanol–water partition coefficient (Wildman–Crippen LogP) is 1.40. The lowest BCUT2D eigenvalue weighted by Crippen LogP contribution is -2.71. The Hall–Kier alpha value is -0.460. The molecular weight excluding hydrogens is 308 g/mol. The minimum Gasteiger partial charge on any atom is -0.377 e. The van der Waals surface area contributed by atoms with Crippen molar-refractivity contribution in [2.24, 2.45) is 16.3 Å². The highest BCUT2D eigenvalue weighted by Crippen LogP contribution is 2.51. The van der Waals surface area contributed by atoms with E-state index in [-0.39, 0.29) is 5.41 Å². The fourth-order valence-corrected chi connectivity index (χ4v) is 5.29. The van der Waals surface area contributed by atoms with Gasteiger partial charge in [-0.25, -0.2) is 0 Å². The maximum Gasteiger partial charge on any atom is 0.191 e. The number of fused-ring (bicyclic) bond motifs is 1. The lowest BCUT2D eigenvalue weighted by molar-refractivity contribution is -0.188. The van der Waals surface area contributed by atoms with Gasteiger partial charge in [-0.05, 0) is 12.8 Å². The maximum atomic E-state index is 5.99. The Labute approximate surface area is 145 Å². The van der Waals surface area contributed by atoms with Gasteiger partial charge in [-0.2, -0.15) is 11.8 Å². The summed E-state index contributed by atoms with van der Waals surface area (Å²) in [5, 5.41) is 7.17. The molecule has 3 fully saturated rings. The molecule has 0 aromatic carbocycles. The summed E-state index contributed by atoms with van der Waals surface area (Å²) in [6.45, 7) is 10.1. The lowest BCUT2D eigenvalue weighted by atomic mass is 9.55. The van der Waals surface area contributed by atoms with Crippen molar-refractivity contribution in [1.29, 1.82) is 0 Å². The van der Waals surface area contributed by atoms with E-state index >= 15 is 0 Å². The van der Waals surface area contributed by atoms with Gasteiger partial charge in [-0.1, -0.05) is 13.8 Å². The van der Waals surface area contributed by atoms with Gasteiger partial charge >= 0.3 is 0 Å². The van der Waals surface area contributed by atoms with Crippen molar-refractivity contribution in [3.05, 3.63) is 0 Å². The van der Waals surface area contributed by atoms with Gasteiger partial charge in [-0.15, -0.1) is 0 Å². The van der Waals surface area contributed by atoms with E-state index in [0.29, 0.717) is 18.1 Å². The molecular formula is C17H32N4OS. The Morgan fingerprint density at radius 2 is 2.13 bits per heavy atom. The summed E-state index contributed by atoms with van der Waals surface area (Å²) in [4.78, 5) is 6.96. The number of rotatable bonds is 4. The Balaban J connectivity index is 1.45. The van der Waals surface area contributed by atoms with Crippen molar-refractivity contribution in [3.63, 3.8) is 0 Å². The highest BCUT2D eigenvalue weighted by atomic mass is 32.2. The summed E-state index contributed by atoms with van der Waals surface area (Å²) in [6.07, 6.45) is 2.88. The van der Waals surface area contributed by atoms with Crippen LogP contribution in [0.1, 0.15) is 26.7 Å². The van der Waals surface area contributed by atoms with Crippen molar-refractivity contribution in [3.8, 4) is 0 Å². The molecule has 3 unspecified atom stereocenters. The van der Waals surface area contributed by atoms with E-state index in [1.807, 2.05) is 7.05 Å². The van der Waals surface area contributed by atoms with E-state index in [9.17, 15) is 0 Å². The number of nitrogens with one attached hydrogen (secondary N) is 2. The first kappa shape index (κ1) is 17.4. The van der Waals surface area contributed by atoms with E-state index in [2.05, 4.69) is 46.1 Å². The summed E-state index contributed by atoms with van der Waals surface area (Å²) in [7, 11) is 1.87. The summed E-state index contributed by atoms with van der Waals surface area (Å²) in [6, 6.07) is 0.463. The van der Waals surface area contributed by atoms with Crippen LogP contribution in [0, 0.1) is 11.3 Å². The summed E-state index contributed by atoms with van der Waals surface area (Å²) >= 11 is 2.06. The Morgan fingerprint density at radius 3 is 2.87 bits per heavy atom. The first-order chi connectivity index (χ1) is 11.1. The third kappa shape index (κ3) is 3.80. The molecule has 0 amide bonds. The topological polar surface area (TPSA) is 48.9 Å². The zero-order valence-corrected chi connectivity index (χ0v) is 15.6. The number of aliphatic imine (C=N–C) groups is 1. The van der Waals surface area contributed by atoms with Gasteiger partial charge in [0.05, 0.1) is 6.10 Å². The van der Waals surface area contributed by atoms with Crippen LogP contribution in [0.15, 0.2) is 4.99 Å². The second kappa shape index (κ2) is 7.62. The molecule has 132 valence electrons. The van der Waals surface area contributed by atoms with E-state index in [4.69, 9.17) is 4.74 Å². The molecule has 3 rings (SSSR count). The maximum absolute atomic E-state index is 5.99. The molecule has 23 heavy (non-hydrogen) atoms. The second-order valence-electron chi connectivity index (χ2n) is 7.49. The van der Waals surface area contributed by atoms with Crippen molar-refractivity contribution in [2.75, 3.05) is 51.3 Å². The fraction of sp³-hybridized carbons (Fsp3) is 0.941. The van der Waals surface area contributed by atoms with Gasteiger partial charge in [0.1, 0.15) is 0 Å². The standard InChI is InChI=1S/C17H32N4OS/c1-17(2)14(13-5-4-10-22-15(13)17)20-16(18-3)19-6-7-21-8-11-23-12-9-21/h13-15H,4-12H2,1-3H3,(H2,18,19,20). The van der Waals surface area contributed by atoms with Crippen LogP contribution in [0.25, 0.3) is 0 Å². The predicted molar refractivity (Wildman–Crippen MR) is 98.3 cm³/mol. The number of nitrogens with zero attached hydrogens (tertiary/aromatic N) is 2. The quantitative estimate of drug-likeness (QED) is 0.598. The van der Waals surface area contributed by atoms with Gasteiger partial charge < -0.3 is 15.4 Å². The van der Waals surface area contributed by atoms with Gasteiger partial charge in [0, 0.05) is 68.7 Å². The molecule has 3 aliphatic rings. The highest BCUT2D eigenvalue weighted by Gasteiger charge is 2.58. The molecule has 0 radical (unpaired) electrons. The summed E-state index contributed by atoms with van der Waals surface area (Å²) < 4.78 is 5.99. The minimum atomic E-state index is 0.187. The zero-order valence-electron chi connectivity index (χ0n) is 14.8. The Kier molecular flexibility index (Phi) is 5.75. The molecule has 0 aromatic heterocycles. The number of ether oxygens (including phenoxy) is 1. The first-order valence-corrected chi connectivity index (χ1v) is 10.2. The van der Waals surface area contributed by atoms with Crippen LogP contribution in [0.5, 0.6) is 0 Å². The molecule has 2 N–H and O–H groups in total. The second-order valence-corrected chi connectivity index (χ2v) is 8.72. The molecule has 6 heteroatoms. The van der Waals surface area contributed by atoms with Crippen LogP contribution in [0.3, 0.4) is 0 Å². The molecule has 0 bridgehead atoms. The normalized spacial score (nSPS) is 34.4. The number of guanidine groups is 1. The smallest absolute Gasteiger partial charge is 0.191 e. The highest BCUT2D eigenvalue weighted by molar-refractivity contribution is 7.99. The average molecular weight is 341 g/mol. The first-order valence-electron chi connectivity index (χ1n) is 9.02. The number of hydrogen-bond donors (Lipinski definition) is 2. The van der Waals surface area contributed by atoms with Gasteiger partial charge in [0.2, 0.25) is 0 Å². The van der Waals surface area contributed by atoms with Crippen LogP contribution in [-0.2, 0) is 4.74 Å². The Bertz CT molecular complexity index is 423. The van der Waals surface area contributed by atoms with Crippen LogP contribution < -0.4 is 10.6 Å². The van der Waals surface area contributed by atoms with Gasteiger partial charge in [-0.3, -0.25) is 9.89 Å². The lowest BCUT2D eigenvalue weighted by Gasteiger charge is -2.60. The molecule has 1 saturated carbocycles. The van der Waals surface area contributed by atoms with E-state index < -0.39 is 0 Å². The third-order valence-electron chi connectivity index (χ3n) is 5.67. The fourth-order valence-electron chi connectivity index (χ4n) is 4.31. The van der Waals surface area contributed by atoms with E-state index in [1.54, 1.807) is 0 Å². The Morgan fingerprint density at radius 1 is 1.35 bits per heavy atom. The zero-order chi connectivity index (χ0) is 16.3. The number of thioether (sulfide) groups is 1. The molecule has 2 aliphatic heterocycles. The van der Waals surface area contributed by atoms with E-state index in [1.165, 1.54) is 37.4 Å². The van der Waals surface area contributed by atoms with Crippen LogP contribution >= 0.6 is 11.8 Å². The monoisotopic (exact) mass is 340 g/mol. The van der Waals surface area contributed by atoms with Crippen molar-refractivity contribution in [1.82, 2.24) is 15.5 Å². The molecule has 0 spiro atoms. The molecule has 0 aromatic rings. The van der Waals surface area contributed by atoms with Gasteiger partial charge in [0.15, 0.2) is 5.96 Å². The summed E-state index contributed by atoms with van der Waals surface area (Å²) in [5.41, 5.74) is 0.187. The van der Waals surface area contributed by atoms with Crippen molar-refractivity contribution < 1.29 is 4.74 Å². The molecule has 1 aliphatic carbocycles. The number of hydrogen-bond acceptors (Lipinski definition) is 4. The van der Waals surface area contributed by atoms with Crippen molar-refractivity contribution in [2.45, 2.75) is 38.8 Å². The minimum absolute atomic E-state index is 0.187. The summed E-state index contributed by atoms with van der Waals surface area (Å²) in [5.74, 6) is 4.12. The molecule has 3 atom stereocenters. The van der Waals surface area contributed by atoms with Gasteiger partial charge in [0.25, 0.3) is 0 Å². The SMILES string of the molecule is CN=C(NCCN1CCSCC1)NC1C2CCCOC2C1(C)C. The molecule has 2 heterocycles. The third-order valence-corrected chi connectivity index (χ3v) is 6.61. The average Bonchev–Trinajstić information content (AvgIpc) is 2.58. The van der Waals surface area contributed by atoms with E-state index in [0.717, 1.165) is 25.7 Å². The molecule has 5 nitrogen and oxygen atoms in total. The van der Waals surface area contributed by atoms with Crippen LogP contribution in [-0.4, -0.2) is 74.3 Å². The van der Waals surface area contributed by atoms with Crippen LogP contribution in [0.2, 0.25) is 0 Å². The largest absolute Gasteiger partial charge is 0.377 e.